The Hall–Kier alpha value is -1.12. The van der Waals surface area contributed by atoms with Gasteiger partial charge in [-0.05, 0) is 41.6 Å². The second kappa shape index (κ2) is 7.86. The average Bonchev–Trinajstić information content (AvgIpc) is 3.12. The molecule has 1 aromatic heterocycles. The van der Waals surface area contributed by atoms with E-state index in [2.05, 4.69) is 0 Å². The van der Waals surface area contributed by atoms with Crippen molar-refractivity contribution < 1.29 is 13.2 Å². The third-order valence-electron chi connectivity index (χ3n) is 4.38. The summed E-state index contributed by atoms with van der Waals surface area (Å²) in [6.45, 7) is 3.24. The quantitative estimate of drug-likeness (QED) is 0.738. The summed E-state index contributed by atoms with van der Waals surface area (Å²) in [5.74, 6) is -0.0246. The number of piperazine rings is 1. The number of sulfonamides is 1. The van der Waals surface area contributed by atoms with E-state index in [0.717, 1.165) is 16.9 Å². The highest BCUT2D eigenvalue weighted by molar-refractivity contribution is 7.89. The van der Waals surface area contributed by atoms with Crippen molar-refractivity contribution in [1.29, 1.82) is 0 Å². The molecule has 5 nitrogen and oxygen atoms in total. The van der Waals surface area contributed by atoms with E-state index >= 15 is 0 Å². The van der Waals surface area contributed by atoms with Gasteiger partial charge in [-0.3, -0.25) is 4.79 Å². The third-order valence-corrected chi connectivity index (χ3v) is 7.95. The molecule has 0 atom stereocenters. The topological polar surface area (TPSA) is 57.7 Å². The molecule has 1 aliphatic heterocycles. The van der Waals surface area contributed by atoms with Crippen molar-refractivity contribution in [3.63, 3.8) is 0 Å². The second-order valence-electron chi connectivity index (χ2n) is 5.90. The standard InChI is InChI=1S/C17H18Cl2N2O3S2/c1-2-12-5-10-25-16(12)17(22)20-6-8-21(9-7-20)26(23,24)13-3-4-14(18)15(19)11-13/h3-5,10-11H,2,6-9H2,1H3. The fourth-order valence-corrected chi connectivity index (χ4v) is 5.64. The van der Waals surface area contributed by atoms with Crippen LogP contribution < -0.4 is 0 Å². The smallest absolute Gasteiger partial charge is 0.264 e. The van der Waals surface area contributed by atoms with Crippen LogP contribution in [0.25, 0.3) is 0 Å². The predicted molar refractivity (Wildman–Crippen MR) is 105 cm³/mol. The molecule has 3 rings (SSSR count). The molecule has 26 heavy (non-hydrogen) atoms. The summed E-state index contributed by atoms with van der Waals surface area (Å²) in [5, 5.41) is 2.42. The van der Waals surface area contributed by atoms with Gasteiger partial charge in [-0.2, -0.15) is 4.31 Å². The Labute approximate surface area is 167 Å². The maximum atomic E-state index is 12.8. The van der Waals surface area contributed by atoms with Gasteiger partial charge in [0.1, 0.15) is 0 Å². The molecule has 9 heteroatoms. The van der Waals surface area contributed by atoms with Gasteiger partial charge in [-0.25, -0.2) is 8.42 Å². The van der Waals surface area contributed by atoms with Gasteiger partial charge in [-0.1, -0.05) is 30.1 Å². The lowest BCUT2D eigenvalue weighted by Crippen LogP contribution is -2.50. The molecule has 1 saturated heterocycles. The zero-order chi connectivity index (χ0) is 18.9. The lowest BCUT2D eigenvalue weighted by Gasteiger charge is -2.34. The van der Waals surface area contributed by atoms with Gasteiger partial charge in [0, 0.05) is 26.2 Å². The number of hydrogen-bond acceptors (Lipinski definition) is 4. The summed E-state index contributed by atoms with van der Waals surface area (Å²) in [6, 6.07) is 6.23. The number of carbonyl (C=O) groups excluding carboxylic acids is 1. The first kappa shape index (κ1) is 19.6. The largest absolute Gasteiger partial charge is 0.335 e. The first-order valence-electron chi connectivity index (χ1n) is 8.15. The summed E-state index contributed by atoms with van der Waals surface area (Å²) >= 11 is 13.2. The highest BCUT2D eigenvalue weighted by atomic mass is 35.5. The molecule has 0 aliphatic carbocycles. The number of halogens is 2. The zero-order valence-corrected chi connectivity index (χ0v) is 17.3. The lowest BCUT2D eigenvalue weighted by molar-refractivity contribution is 0.0702. The van der Waals surface area contributed by atoms with Gasteiger partial charge >= 0.3 is 0 Å². The van der Waals surface area contributed by atoms with E-state index in [4.69, 9.17) is 23.2 Å². The van der Waals surface area contributed by atoms with Crippen molar-refractivity contribution in [3.05, 3.63) is 50.1 Å². The van der Waals surface area contributed by atoms with Crippen LogP contribution in [-0.4, -0.2) is 49.7 Å². The zero-order valence-electron chi connectivity index (χ0n) is 14.1. The van der Waals surface area contributed by atoms with Crippen molar-refractivity contribution >= 4 is 50.5 Å². The fraction of sp³-hybridized carbons (Fsp3) is 0.353. The number of carbonyl (C=O) groups is 1. The number of thiophene rings is 1. The van der Waals surface area contributed by atoms with Gasteiger partial charge in [0.15, 0.2) is 0 Å². The Morgan fingerprint density at radius 3 is 2.42 bits per heavy atom. The Bertz CT molecular complexity index is 920. The molecule has 0 radical (unpaired) electrons. The van der Waals surface area contributed by atoms with E-state index in [1.165, 1.54) is 33.8 Å². The molecule has 140 valence electrons. The Morgan fingerprint density at radius 2 is 1.81 bits per heavy atom. The highest BCUT2D eigenvalue weighted by Gasteiger charge is 2.31. The van der Waals surface area contributed by atoms with Crippen molar-refractivity contribution in [2.24, 2.45) is 0 Å². The minimum atomic E-state index is -3.66. The predicted octanol–water partition coefficient (Wildman–Crippen LogP) is 3.76. The normalized spacial score (nSPS) is 16.0. The summed E-state index contributed by atoms with van der Waals surface area (Å²) in [4.78, 5) is 15.3. The van der Waals surface area contributed by atoms with Gasteiger partial charge in [-0.15, -0.1) is 11.3 Å². The van der Waals surface area contributed by atoms with E-state index < -0.39 is 10.0 Å². The number of benzene rings is 1. The van der Waals surface area contributed by atoms with Crippen molar-refractivity contribution in [3.8, 4) is 0 Å². The van der Waals surface area contributed by atoms with E-state index in [1.54, 1.807) is 4.90 Å². The van der Waals surface area contributed by atoms with Gasteiger partial charge < -0.3 is 4.90 Å². The molecule has 1 aliphatic rings. The second-order valence-corrected chi connectivity index (χ2v) is 9.57. The summed E-state index contributed by atoms with van der Waals surface area (Å²) < 4.78 is 26.9. The Morgan fingerprint density at radius 1 is 1.12 bits per heavy atom. The molecule has 1 amide bonds. The van der Waals surface area contributed by atoms with E-state index in [1.807, 2.05) is 18.4 Å². The number of nitrogens with zero attached hydrogens (tertiary/aromatic N) is 2. The lowest BCUT2D eigenvalue weighted by atomic mass is 10.2. The van der Waals surface area contributed by atoms with Crippen molar-refractivity contribution in [2.45, 2.75) is 18.2 Å². The van der Waals surface area contributed by atoms with Crippen molar-refractivity contribution in [2.75, 3.05) is 26.2 Å². The third kappa shape index (κ3) is 3.77. The molecule has 0 unspecified atom stereocenters. The Kier molecular flexibility index (Phi) is 5.94. The minimum Gasteiger partial charge on any atom is -0.335 e. The SMILES string of the molecule is CCc1ccsc1C(=O)N1CCN(S(=O)(=O)c2ccc(Cl)c(Cl)c2)CC1. The summed E-state index contributed by atoms with van der Waals surface area (Å²) in [5.41, 5.74) is 1.03. The van der Waals surface area contributed by atoms with Gasteiger partial charge in [0.25, 0.3) is 5.91 Å². The van der Waals surface area contributed by atoms with Crippen LogP contribution >= 0.6 is 34.5 Å². The van der Waals surface area contributed by atoms with E-state index in [0.29, 0.717) is 18.1 Å². The monoisotopic (exact) mass is 432 g/mol. The molecular formula is C17H18Cl2N2O3S2. The molecule has 2 aromatic rings. The van der Waals surface area contributed by atoms with E-state index in [9.17, 15) is 13.2 Å². The first-order chi connectivity index (χ1) is 12.3. The van der Waals surface area contributed by atoms with E-state index in [-0.39, 0.29) is 28.9 Å². The fourth-order valence-electron chi connectivity index (χ4n) is 2.86. The molecule has 2 heterocycles. The van der Waals surface area contributed by atoms with Crippen LogP contribution in [-0.2, 0) is 16.4 Å². The van der Waals surface area contributed by atoms with Crippen LogP contribution in [0.3, 0.4) is 0 Å². The maximum absolute atomic E-state index is 12.8. The highest BCUT2D eigenvalue weighted by Crippen LogP contribution is 2.27. The Balaban J connectivity index is 1.71. The molecule has 1 fully saturated rings. The van der Waals surface area contributed by atoms with Crippen LogP contribution in [0.1, 0.15) is 22.2 Å². The molecule has 0 N–H and O–H groups in total. The number of amides is 1. The molecular weight excluding hydrogens is 415 g/mol. The van der Waals surface area contributed by atoms with Crippen molar-refractivity contribution in [1.82, 2.24) is 9.21 Å². The van der Waals surface area contributed by atoms with Crippen LogP contribution in [0.4, 0.5) is 0 Å². The van der Waals surface area contributed by atoms with Gasteiger partial charge in [0.05, 0.1) is 19.8 Å². The number of aryl methyl sites for hydroxylation is 1. The molecule has 0 saturated carbocycles. The molecule has 0 spiro atoms. The maximum Gasteiger partial charge on any atom is 0.264 e. The number of hydrogen-bond donors (Lipinski definition) is 0. The van der Waals surface area contributed by atoms with Crippen LogP contribution in [0.2, 0.25) is 10.0 Å². The van der Waals surface area contributed by atoms with Gasteiger partial charge in [0.2, 0.25) is 10.0 Å². The molecule has 1 aromatic carbocycles. The summed E-state index contributed by atoms with van der Waals surface area (Å²) in [7, 11) is -3.66. The average molecular weight is 433 g/mol. The van der Waals surface area contributed by atoms with Crippen LogP contribution in [0.15, 0.2) is 34.5 Å². The minimum absolute atomic E-state index is 0.0246. The first-order valence-corrected chi connectivity index (χ1v) is 11.2. The molecule has 0 bridgehead atoms. The number of rotatable bonds is 4. The van der Waals surface area contributed by atoms with Crippen LogP contribution in [0, 0.1) is 0 Å². The van der Waals surface area contributed by atoms with Crippen LogP contribution in [0.5, 0.6) is 0 Å². The summed E-state index contributed by atoms with van der Waals surface area (Å²) in [6.07, 6.45) is 0.802.